The lowest BCUT2D eigenvalue weighted by atomic mass is 9.90. The summed E-state index contributed by atoms with van der Waals surface area (Å²) in [7, 11) is 0. The van der Waals surface area contributed by atoms with Crippen LogP contribution in [0.25, 0.3) is 99.2 Å². The van der Waals surface area contributed by atoms with Crippen molar-refractivity contribution in [1.82, 2.24) is 0 Å². The van der Waals surface area contributed by atoms with E-state index in [-0.39, 0.29) is 0 Å². The van der Waals surface area contributed by atoms with E-state index in [9.17, 15) is 0 Å². The first-order valence-corrected chi connectivity index (χ1v) is 20.7. The summed E-state index contributed by atoms with van der Waals surface area (Å²) in [6, 6.07) is 80.1. The lowest BCUT2D eigenvalue weighted by molar-refractivity contribution is 0.669. The third kappa shape index (κ3) is 5.82. The molecule has 0 unspecified atom stereocenters. The first-order valence-electron chi connectivity index (χ1n) is 20.7. The number of rotatable bonds is 7. The Morgan fingerprint density at radius 1 is 0.295 bits per heavy atom. The maximum absolute atomic E-state index is 6.59. The van der Waals surface area contributed by atoms with Crippen molar-refractivity contribution >= 4 is 71.7 Å². The highest BCUT2D eigenvalue weighted by molar-refractivity contribution is 6.12. The summed E-state index contributed by atoms with van der Waals surface area (Å²) in [5.74, 6) is 0. The molecule has 0 fully saturated rings. The first kappa shape index (κ1) is 34.9. The minimum atomic E-state index is 0.877. The van der Waals surface area contributed by atoms with E-state index in [1.54, 1.807) is 0 Å². The Labute approximate surface area is 353 Å². The molecule has 3 heteroatoms. The standard InChI is InChI=1S/C58H37NO2/c1-2-16-38(17-3-1)44-26-13-18-39-19-14-28-49(57(39)44)46-23-5-9-31-53(46)59(42-21-12-20-40(36-42)45-27-15-29-50-47-24-6-11-33-55(47)61-58(45)50)52-30-8-4-22-43(52)41-34-35-56-51(37-41)48-25-7-10-32-54(48)60-56/h1-37H. The number of furan rings is 2. The van der Waals surface area contributed by atoms with Crippen molar-refractivity contribution in [2.45, 2.75) is 0 Å². The zero-order chi connectivity index (χ0) is 40.3. The van der Waals surface area contributed by atoms with Gasteiger partial charge in [-0.15, -0.1) is 0 Å². The Hall–Kier alpha value is -8.14. The van der Waals surface area contributed by atoms with E-state index in [4.69, 9.17) is 8.83 Å². The molecule has 0 spiro atoms. The molecule has 0 saturated carbocycles. The van der Waals surface area contributed by atoms with Crippen molar-refractivity contribution in [1.29, 1.82) is 0 Å². The summed E-state index contributed by atoms with van der Waals surface area (Å²) < 4.78 is 12.9. The molecule has 0 N–H and O–H groups in total. The molecule has 0 bridgehead atoms. The summed E-state index contributed by atoms with van der Waals surface area (Å²) in [4.78, 5) is 2.44. The molecule has 12 rings (SSSR count). The molecule has 2 aromatic heterocycles. The SMILES string of the molecule is c1ccc(-c2cccc3cccc(-c4ccccc4N(c4cccc(-c5cccc6c5oc5ccccc56)c4)c4ccccc4-c4ccc5oc6ccccc6c5c4)c23)cc1. The average molecular weight is 780 g/mol. The number of anilines is 3. The number of nitrogens with zero attached hydrogens (tertiary/aromatic N) is 1. The minimum absolute atomic E-state index is 0.877. The Morgan fingerprint density at radius 2 is 0.836 bits per heavy atom. The molecule has 12 aromatic rings. The van der Waals surface area contributed by atoms with Gasteiger partial charge in [0, 0.05) is 43.9 Å². The number of hydrogen-bond acceptors (Lipinski definition) is 3. The minimum Gasteiger partial charge on any atom is -0.456 e. The fourth-order valence-corrected chi connectivity index (χ4v) is 9.32. The van der Waals surface area contributed by atoms with Gasteiger partial charge in [-0.25, -0.2) is 0 Å². The summed E-state index contributed by atoms with van der Waals surface area (Å²) in [6.45, 7) is 0. The second-order valence-corrected chi connectivity index (χ2v) is 15.6. The molecule has 0 aliphatic rings. The number of hydrogen-bond donors (Lipinski definition) is 0. The Bertz CT molecular complexity index is 3610. The lowest BCUT2D eigenvalue weighted by Gasteiger charge is -2.30. The molecule has 0 amide bonds. The third-order valence-electron chi connectivity index (χ3n) is 12.1. The molecule has 0 radical (unpaired) electrons. The average Bonchev–Trinajstić information content (AvgIpc) is 3.90. The van der Waals surface area contributed by atoms with Gasteiger partial charge in [0.15, 0.2) is 0 Å². The highest BCUT2D eigenvalue weighted by Gasteiger charge is 2.23. The van der Waals surface area contributed by atoms with Gasteiger partial charge in [0.2, 0.25) is 0 Å². The maximum Gasteiger partial charge on any atom is 0.143 e. The van der Waals surface area contributed by atoms with Crippen LogP contribution in [0.3, 0.4) is 0 Å². The quantitative estimate of drug-likeness (QED) is 0.161. The Kier molecular flexibility index (Phi) is 8.17. The van der Waals surface area contributed by atoms with Crippen molar-refractivity contribution in [3.8, 4) is 44.5 Å². The van der Waals surface area contributed by atoms with Crippen molar-refractivity contribution in [3.05, 3.63) is 224 Å². The summed E-state index contributed by atoms with van der Waals surface area (Å²) >= 11 is 0. The van der Waals surface area contributed by atoms with Crippen LogP contribution in [-0.4, -0.2) is 0 Å². The molecule has 0 aliphatic carbocycles. The van der Waals surface area contributed by atoms with E-state index in [1.807, 2.05) is 24.3 Å². The van der Waals surface area contributed by atoms with Gasteiger partial charge in [0.1, 0.15) is 22.3 Å². The van der Waals surface area contributed by atoms with Gasteiger partial charge < -0.3 is 13.7 Å². The van der Waals surface area contributed by atoms with Gasteiger partial charge in [-0.2, -0.15) is 0 Å². The van der Waals surface area contributed by atoms with Crippen LogP contribution in [0.5, 0.6) is 0 Å². The number of fused-ring (bicyclic) bond motifs is 7. The van der Waals surface area contributed by atoms with E-state index < -0.39 is 0 Å². The van der Waals surface area contributed by atoms with E-state index in [0.29, 0.717) is 0 Å². The number of benzene rings is 10. The largest absolute Gasteiger partial charge is 0.456 e. The van der Waals surface area contributed by atoms with Gasteiger partial charge in [0.25, 0.3) is 0 Å². The van der Waals surface area contributed by atoms with Crippen LogP contribution in [0.15, 0.2) is 233 Å². The van der Waals surface area contributed by atoms with Crippen LogP contribution >= 0.6 is 0 Å². The summed E-state index contributed by atoms with van der Waals surface area (Å²) in [6.07, 6.45) is 0. The van der Waals surface area contributed by atoms with Crippen LogP contribution in [0, 0.1) is 0 Å². The van der Waals surface area contributed by atoms with Crippen LogP contribution < -0.4 is 4.90 Å². The van der Waals surface area contributed by atoms with E-state index in [1.165, 1.54) is 27.5 Å². The Morgan fingerprint density at radius 3 is 1.66 bits per heavy atom. The van der Waals surface area contributed by atoms with Crippen molar-refractivity contribution in [2.75, 3.05) is 4.90 Å². The molecule has 2 heterocycles. The zero-order valence-electron chi connectivity index (χ0n) is 33.1. The molecular weight excluding hydrogens is 743 g/mol. The fraction of sp³-hybridized carbons (Fsp3) is 0. The molecule has 286 valence electrons. The normalized spacial score (nSPS) is 11.6. The van der Waals surface area contributed by atoms with Crippen molar-refractivity contribution in [3.63, 3.8) is 0 Å². The van der Waals surface area contributed by atoms with Crippen LogP contribution in [0.4, 0.5) is 17.1 Å². The molecule has 3 nitrogen and oxygen atoms in total. The molecule has 0 aliphatic heterocycles. The predicted molar refractivity (Wildman–Crippen MR) is 255 cm³/mol. The lowest BCUT2D eigenvalue weighted by Crippen LogP contribution is -2.12. The van der Waals surface area contributed by atoms with Gasteiger partial charge in [-0.3, -0.25) is 0 Å². The summed E-state index contributed by atoms with van der Waals surface area (Å²) in [5.41, 5.74) is 15.7. The molecule has 0 atom stereocenters. The third-order valence-corrected chi connectivity index (χ3v) is 12.1. The van der Waals surface area contributed by atoms with Crippen molar-refractivity contribution < 1.29 is 8.83 Å². The summed E-state index contributed by atoms with van der Waals surface area (Å²) in [5, 5.41) is 6.85. The van der Waals surface area contributed by atoms with Gasteiger partial charge in [-0.05, 0) is 87.1 Å². The van der Waals surface area contributed by atoms with Gasteiger partial charge in [-0.1, -0.05) is 176 Å². The van der Waals surface area contributed by atoms with Gasteiger partial charge in [0.05, 0.1) is 11.4 Å². The predicted octanol–water partition coefficient (Wildman–Crippen LogP) is 16.8. The monoisotopic (exact) mass is 779 g/mol. The van der Waals surface area contributed by atoms with Gasteiger partial charge >= 0.3 is 0 Å². The van der Waals surface area contributed by atoms with E-state index in [2.05, 4.69) is 205 Å². The van der Waals surface area contributed by atoms with Crippen LogP contribution in [0.1, 0.15) is 0 Å². The highest BCUT2D eigenvalue weighted by atomic mass is 16.3. The molecule has 10 aromatic carbocycles. The molecule has 61 heavy (non-hydrogen) atoms. The zero-order valence-corrected chi connectivity index (χ0v) is 33.1. The fourth-order valence-electron chi connectivity index (χ4n) is 9.32. The second-order valence-electron chi connectivity index (χ2n) is 15.6. The number of para-hydroxylation sites is 5. The second kappa shape index (κ2) is 14.3. The van der Waals surface area contributed by atoms with Crippen molar-refractivity contribution in [2.24, 2.45) is 0 Å². The van der Waals surface area contributed by atoms with E-state index in [0.717, 1.165) is 88.8 Å². The Balaban J connectivity index is 1.11. The smallest absolute Gasteiger partial charge is 0.143 e. The van der Waals surface area contributed by atoms with Crippen LogP contribution in [-0.2, 0) is 0 Å². The topological polar surface area (TPSA) is 29.5 Å². The van der Waals surface area contributed by atoms with Crippen LogP contribution in [0.2, 0.25) is 0 Å². The highest BCUT2D eigenvalue weighted by Crippen LogP contribution is 2.48. The van der Waals surface area contributed by atoms with E-state index >= 15 is 0 Å². The molecular formula is C58H37NO2. The first-order chi connectivity index (χ1) is 30.3. The maximum atomic E-state index is 6.59. The molecule has 0 saturated heterocycles.